The highest BCUT2D eigenvalue weighted by Crippen LogP contribution is 2.27. The van der Waals surface area contributed by atoms with Crippen molar-refractivity contribution in [3.8, 4) is 11.5 Å². The van der Waals surface area contributed by atoms with Crippen LogP contribution in [0.5, 0.6) is 11.5 Å². The second-order valence-electron chi connectivity index (χ2n) is 4.73. The number of carbonyl (C=O) groups excluding carboxylic acids is 1. The molecular weight excluding hydrogens is 262 g/mol. The van der Waals surface area contributed by atoms with Crippen LogP contribution in [-0.2, 0) is 4.79 Å². The van der Waals surface area contributed by atoms with Crippen LogP contribution >= 0.6 is 0 Å². The van der Waals surface area contributed by atoms with Crippen molar-refractivity contribution in [3.05, 3.63) is 23.8 Å². The van der Waals surface area contributed by atoms with E-state index in [1.807, 2.05) is 0 Å². The average molecular weight is 279 g/mol. The van der Waals surface area contributed by atoms with Crippen LogP contribution in [0.25, 0.3) is 0 Å². The molecule has 1 saturated heterocycles. The lowest BCUT2D eigenvalue weighted by Crippen LogP contribution is -2.48. The Balaban J connectivity index is 2.27. The molecule has 1 heterocycles. The number of rotatable bonds is 3. The van der Waals surface area contributed by atoms with E-state index >= 15 is 0 Å². The van der Waals surface area contributed by atoms with E-state index in [-0.39, 0.29) is 11.3 Å². The fourth-order valence-corrected chi connectivity index (χ4v) is 2.41. The molecular formula is C14H17NO5. The molecule has 0 saturated carbocycles. The van der Waals surface area contributed by atoms with Crippen molar-refractivity contribution in [1.82, 2.24) is 4.90 Å². The van der Waals surface area contributed by atoms with Crippen molar-refractivity contribution in [1.29, 1.82) is 0 Å². The van der Waals surface area contributed by atoms with E-state index in [4.69, 9.17) is 4.74 Å². The minimum atomic E-state index is -1.01. The Morgan fingerprint density at radius 2 is 2.10 bits per heavy atom. The van der Waals surface area contributed by atoms with Gasteiger partial charge >= 0.3 is 5.97 Å². The number of benzene rings is 1. The molecule has 0 aliphatic carbocycles. The number of methoxy groups -OCH3 is 1. The van der Waals surface area contributed by atoms with Gasteiger partial charge < -0.3 is 19.8 Å². The Morgan fingerprint density at radius 1 is 1.35 bits per heavy atom. The van der Waals surface area contributed by atoms with Gasteiger partial charge in [0.25, 0.3) is 5.91 Å². The normalized spacial score (nSPS) is 18.6. The summed E-state index contributed by atoms with van der Waals surface area (Å²) in [6.45, 7) is 0.390. The summed E-state index contributed by atoms with van der Waals surface area (Å²) in [4.78, 5) is 24.9. The number of likely N-dealkylation sites (tertiary alicyclic amines) is 1. The van der Waals surface area contributed by atoms with E-state index in [0.717, 1.165) is 12.8 Å². The van der Waals surface area contributed by atoms with Gasteiger partial charge in [0.1, 0.15) is 17.5 Å². The SMILES string of the molecule is COc1ccc(C(=O)N2CCCC[C@H]2C(=O)O)c(O)c1. The number of phenols is 1. The van der Waals surface area contributed by atoms with Gasteiger partial charge in [0.05, 0.1) is 12.7 Å². The molecule has 6 nitrogen and oxygen atoms in total. The molecule has 1 amide bonds. The number of carboxylic acid groups (broad SMARTS) is 1. The standard InChI is InChI=1S/C14H17NO5/c1-20-9-5-6-10(12(16)8-9)13(17)15-7-3-2-4-11(15)14(18)19/h5-6,8,11,16H,2-4,7H2,1H3,(H,18,19)/t11-/m0/s1. The monoisotopic (exact) mass is 279 g/mol. The van der Waals surface area contributed by atoms with Crippen molar-refractivity contribution < 1.29 is 24.5 Å². The fourth-order valence-electron chi connectivity index (χ4n) is 2.41. The first-order chi connectivity index (χ1) is 9.54. The molecule has 1 aromatic carbocycles. The van der Waals surface area contributed by atoms with E-state index in [9.17, 15) is 19.8 Å². The number of ether oxygens (including phenoxy) is 1. The van der Waals surface area contributed by atoms with Crippen LogP contribution in [0.2, 0.25) is 0 Å². The molecule has 1 aliphatic rings. The van der Waals surface area contributed by atoms with Gasteiger partial charge in [0.2, 0.25) is 0 Å². The summed E-state index contributed by atoms with van der Waals surface area (Å²) in [6, 6.07) is 3.53. The highest BCUT2D eigenvalue weighted by Gasteiger charge is 2.33. The topological polar surface area (TPSA) is 87.1 Å². The highest BCUT2D eigenvalue weighted by molar-refractivity contribution is 5.99. The molecule has 6 heteroatoms. The molecule has 0 unspecified atom stereocenters. The van der Waals surface area contributed by atoms with Crippen molar-refractivity contribution in [3.63, 3.8) is 0 Å². The van der Waals surface area contributed by atoms with Crippen molar-refractivity contribution in [2.24, 2.45) is 0 Å². The van der Waals surface area contributed by atoms with Crippen molar-refractivity contribution in [2.45, 2.75) is 25.3 Å². The number of piperidine rings is 1. The Hall–Kier alpha value is -2.24. The third-order valence-corrected chi connectivity index (χ3v) is 3.48. The van der Waals surface area contributed by atoms with Gasteiger partial charge in [-0.15, -0.1) is 0 Å². The molecule has 20 heavy (non-hydrogen) atoms. The van der Waals surface area contributed by atoms with Crippen LogP contribution in [0, 0.1) is 0 Å². The number of aromatic hydroxyl groups is 1. The van der Waals surface area contributed by atoms with Crippen LogP contribution < -0.4 is 4.74 Å². The van der Waals surface area contributed by atoms with E-state index in [1.54, 1.807) is 6.07 Å². The molecule has 1 aromatic rings. The van der Waals surface area contributed by atoms with Gasteiger partial charge in [0.15, 0.2) is 0 Å². The lowest BCUT2D eigenvalue weighted by molar-refractivity contribution is -0.143. The van der Waals surface area contributed by atoms with Gasteiger partial charge in [-0.05, 0) is 31.4 Å². The van der Waals surface area contributed by atoms with E-state index in [2.05, 4.69) is 0 Å². The summed E-state index contributed by atoms with van der Waals surface area (Å²) in [6.07, 6.45) is 2.00. The van der Waals surface area contributed by atoms with Crippen LogP contribution in [0.15, 0.2) is 18.2 Å². The zero-order valence-electron chi connectivity index (χ0n) is 11.2. The lowest BCUT2D eigenvalue weighted by Gasteiger charge is -2.33. The number of carbonyl (C=O) groups is 2. The number of aliphatic carboxylic acids is 1. The van der Waals surface area contributed by atoms with Crippen LogP contribution in [0.4, 0.5) is 0 Å². The molecule has 0 radical (unpaired) electrons. The first-order valence-electron chi connectivity index (χ1n) is 6.45. The smallest absolute Gasteiger partial charge is 0.326 e. The minimum absolute atomic E-state index is 0.0963. The number of amides is 1. The third-order valence-electron chi connectivity index (χ3n) is 3.48. The van der Waals surface area contributed by atoms with Crippen LogP contribution in [-0.4, -0.2) is 46.7 Å². The summed E-state index contributed by atoms with van der Waals surface area (Å²) >= 11 is 0. The maximum atomic E-state index is 12.4. The Kier molecular flexibility index (Phi) is 4.12. The zero-order chi connectivity index (χ0) is 14.7. The molecule has 2 rings (SSSR count). The maximum absolute atomic E-state index is 12.4. The Morgan fingerprint density at radius 3 is 2.70 bits per heavy atom. The summed E-state index contributed by atoms with van der Waals surface area (Å²) in [5.41, 5.74) is 0.0963. The van der Waals surface area contributed by atoms with Gasteiger partial charge in [-0.25, -0.2) is 4.79 Å². The summed E-state index contributed by atoms with van der Waals surface area (Å²) in [5, 5.41) is 19.1. The van der Waals surface area contributed by atoms with Gasteiger partial charge in [0, 0.05) is 12.6 Å². The largest absolute Gasteiger partial charge is 0.507 e. The molecule has 0 spiro atoms. The van der Waals surface area contributed by atoms with Gasteiger partial charge in [-0.1, -0.05) is 0 Å². The number of phenolic OH excluding ortho intramolecular Hbond substituents is 1. The molecule has 1 aliphatic heterocycles. The van der Waals surface area contributed by atoms with Gasteiger partial charge in [-0.3, -0.25) is 4.79 Å². The number of nitrogens with zero attached hydrogens (tertiary/aromatic N) is 1. The number of carboxylic acids is 1. The predicted octanol–water partition coefficient (Wildman–Crippen LogP) is 1.48. The minimum Gasteiger partial charge on any atom is -0.507 e. The Bertz CT molecular complexity index is 528. The molecule has 0 bridgehead atoms. The molecule has 108 valence electrons. The van der Waals surface area contributed by atoms with E-state index in [1.165, 1.54) is 24.1 Å². The maximum Gasteiger partial charge on any atom is 0.326 e. The quantitative estimate of drug-likeness (QED) is 0.875. The second-order valence-corrected chi connectivity index (χ2v) is 4.73. The number of hydrogen-bond donors (Lipinski definition) is 2. The predicted molar refractivity (Wildman–Crippen MR) is 71.0 cm³/mol. The van der Waals surface area contributed by atoms with E-state index < -0.39 is 17.9 Å². The zero-order valence-corrected chi connectivity index (χ0v) is 11.2. The van der Waals surface area contributed by atoms with Crippen molar-refractivity contribution in [2.75, 3.05) is 13.7 Å². The van der Waals surface area contributed by atoms with Crippen molar-refractivity contribution >= 4 is 11.9 Å². The first-order valence-corrected chi connectivity index (χ1v) is 6.45. The highest BCUT2D eigenvalue weighted by atomic mass is 16.5. The summed E-state index contributed by atoms with van der Waals surface area (Å²) in [7, 11) is 1.46. The second kappa shape index (κ2) is 5.81. The molecule has 0 aromatic heterocycles. The number of hydrogen-bond acceptors (Lipinski definition) is 4. The third kappa shape index (κ3) is 2.68. The van der Waals surface area contributed by atoms with Gasteiger partial charge in [-0.2, -0.15) is 0 Å². The fraction of sp³-hybridized carbons (Fsp3) is 0.429. The molecule has 2 N–H and O–H groups in total. The summed E-state index contributed by atoms with van der Waals surface area (Å²) < 4.78 is 4.96. The molecule has 1 fully saturated rings. The summed E-state index contributed by atoms with van der Waals surface area (Å²) in [5.74, 6) is -1.24. The first kappa shape index (κ1) is 14.2. The lowest BCUT2D eigenvalue weighted by atomic mass is 10.0. The molecule has 1 atom stereocenters. The van der Waals surface area contributed by atoms with Crippen LogP contribution in [0.1, 0.15) is 29.6 Å². The van der Waals surface area contributed by atoms with E-state index in [0.29, 0.717) is 18.7 Å². The van der Waals surface area contributed by atoms with Crippen LogP contribution in [0.3, 0.4) is 0 Å². The average Bonchev–Trinajstić information content (AvgIpc) is 2.46. The Labute approximate surface area is 116 Å².